The van der Waals surface area contributed by atoms with Crippen LogP contribution in [-0.4, -0.2) is 18.1 Å². The molecule has 3 rings (SSSR count). The van der Waals surface area contributed by atoms with Crippen molar-refractivity contribution in [3.63, 3.8) is 0 Å². The number of nitrogens with one attached hydrogen (secondary N) is 1. The smallest absolute Gasteiger partial charge is 0.343 e. The number of nitrogens with zero attached hydrogens (tertiary/aromatic N) is 1. The van der Waals surface area contributed by atoms with Gasteiger partial charge in [0, 0.05) is 3.57 Å². The Balaban J connectivity index is 1.58. The second-order valence-electron chi connectivity index (χ2n) is 6.01. The predicted octanol–water partition coefficient (Wildman–Crippen LogP) is 4.58. The third-order valence-corrected chi connectivity index (χ3v) is 4.78. The van der Waals surface area contributed by atoms with Gasteiger partial charge in [-0.05, 0) is 83.6 Å². The predicted molar refractivity (Wildman–Crippen MR) is 117 cm³/mol. The molecule has 0 radical (unpaired) electrons. The number of ether oxygens (including phenoxy) is 1. The van der Waals surface area contributed by atoms with E-state index in [0.29, 0.717) is 16.9 Å². The van der Waals surface area contributed by atoms with Crippen LogP contribution in [0, 0.1) is 10.5 Å². The van der Waals surface area contributed by atoms with Crippen molar-refractivity contribution in [2.75, 3.05) is 0 Å². The lowest BCUT2D eigenvalue weighted by Crippen LogP contribution is -2.18. The number of benzene rings is 3. The van der Waals surface area contributed by atoms with E-state index in [4.69, 9.17) is 4.74 Å². The highest BCUT2D eigenvalue weighted by atomic mass is 127. The summed E-state index contributed by atoms with van der Waals surface area (Å²) in [5, 5.41) is 3.97. The Hall–Kier alpha value is -3.00. The summed E-state index contributed by atoms with van der Waals surface area (Å²) in [5.41, 5.74) is 5.33. The van der Waals surface area contributed by atoms with Gasteiger partial charge in [0.15, 0.2) is 0 Å². The molecule has 5 nitrogen and oxygen atoms in total. The van der Waals surface area contributed by atoms with Crippen molar-refractivity contribution >= 4 is 40.7 Å². The van der Waals surface area contributed by atoms with Crippen molar-refractivity contribution in [1.29, 1.82) is 0 Å². The fraction of sp³-hybridized carbons (Fsp3) is 0.0455. The maximum Gasteiger partial charge on any atom is 0.343 e. The van der Waals surface area contributed by atoms with Crippen LogP contribution in [0.5, 0.6) is 5.75 Å². The summed E-state index contributed by atoms with van der Waals surface area (Å²) in [7, 11) is 0. The molecule has 0 fully saturated rings. The Morgan fingerprint density at radius 3 is 2.46 bits per heavy atom. The molecule has 0 unspecified atom stereocenters. The van der Waals surface area contributed by atoms with Crippen LogP contribution in [0.3, 0.4) is 0 Å². The molecule has 0 heterocycles. The van der Waals surface area contributed by atoms with E-state index in [0.717, 1.165) is 14.7 Å². The van der Waals surface area contributed by atoms with E-state index in [1.807, 2.05) is 31.2 Å². The van der Waals surface area contributed by atoms with Crippen molar-refractivity contribution in [3.05, 3.63) is 98.6 Å². The Morgan fingerprint density at radius 1 is 1.00 bits per heavy atom. The first-order valence-corrected chi connectivity index (χ1v) is 9.57. The standard InChI is InChI=1S/C22H17IN2O3/c1-15-5-4-6-17(13-15)22(27)28-18-11-9-16(10-12-18)14-24-25-21(26)19-7-2-3-8-20(19)23/h2-14H,1H3,(H,25,26). The maximum atomic E-state index is 12.2. The lowest BCUT2D eigenvalue weighted by molar-refractivity contribution is 0.0734. The number of esters is 1. The first-order valence-electron chi connectivity index (χ1n) is 8.50. The van der Waals surface area contributed by atoms with Crippen LogP contribution in [0.25, 0.3) is 0 Å². The highest BCUT2D eigenvalue weighted by Crippen LogP contribution is 2.14. The summed E-state index contributed by atoms with van der Waals surface area (Å²) in [6.07, 6.45) is 1.53. The number of halogens is 1. The molecule has 3 aromatic rings. The van der Waals surface area contributed by atoms with Gasteiger partial charge in [0.05, 0.1) is 17.3 Å². The van der Waals surface area contributed by atoms with E-state index in [2.05, 4.69) is 33.1 Å². The fourth-order valence-electron chi connectivity index (χ4n) is 2.43. The SMILES string of the molecule is Cc1cccc(C(=O)Oc2ccc(C=NNC(=O)c3ccccc3I)cc2)c1. The van der Waals surface area contributed by atoms with E-state index >= 15 is 0 Å². The Bertz CT molecular complexity index is 1030. The number of hydrogen-bond donors (Lipinski definition) is 1. The van der Waals surface area contributed by atoms with Gasteiger partial charge in [-0.15, -0.1) is 0 Å². The van der Waals surface area contributed by atoms with Crippen molar-refractivity contribution < 1.29 is 14.3 Å². The third kappa shape index (κ3) is 5.26. The first kappa shape index (κ1) is 19.8. The summed E-state index contributed by atoms with van der Waals surface area (Å²) in [5.74, 6) is -0.244. The number of hydrogen-bond acceptors (Lipinski definition) is 4. The van der Waals surface area contributed by atoms with E-state index < -0.39 is 5.97 Å². The number of aryl methyl sites for hydroxylation is 1. The van der Waals surface area contributed by atoms with Crippen molar-refractivity contribution in [2.45, 2.75) is 6.92 Å². The zero-order chi connectivity index (χ0) is 19.9. The third-order valence-electron chi connectivity index (χ3n) is 3.84. The van der Waals surface area contributed by atoms with Crippen molar-refractivity contribution in [1.82, 2.24) is 5.43 Å². The maximum absolute atomic E-state index is 12.2. The fourth-order valence-corrected chi connectivity index (χ4v) is 3.06. The van der Waals surface area contributed by atoms with Gasteiger partial charge >= 0.3 is 5.97 Å². The van der Waals surface area contributed by atoms with Gasteiger partial charge in [0.2, 0.25) is 0 Å². The number of carbonyl (C=O) groups excluding carboxylic acids is 2. The van der Waals surface area contributed by atoms with Crippen molar-refractivity contribution in [3.8, 4) is 5.75 Å². The van der Waals surface area contributed by atoms with Gasteiger partial charge in [0.25, 0.3) is 5.91 Å². The van der Waals surface area contributed by atoms with Crippen LogP contribution in [-0.2, 0) is 0 Å². The van der Waals surface area contributed by atoms with Gasteiger partial charge in [-0.25, -0.2) is 10.2 Å². The molecule has 1 N–H and O–H groups in total. The Morgan fingerprint density at radius 2 is 1.75 bits per heavy atom. The monoisotopic (exact) mass is 484 g/mol. The van der Waals surface area contributed by atoms with Crippen LogP contribution in [0.2, 0.25) is 0 Å². The average molecular weight is 484 g/mol. The van der Waals surface area contributed by atoms with Gasteiger partial charge in [0.1, 0.15) is 5.75 Å². The minimum atomic E-state index is -0.408. The van der Waals surface area contributed by atoms with Gasteiger partial charge in [-0.3, -0.25) is 4.79 Å². The zero-order valence-corrected chi connectivity index (χ0v) is 17.2. The van der Waals surface area contributed by atoms with Crippen LogP contribution in [0.1, 0.15) is 31.8 Å². The van der Waals surface area contributed by atoms with Crippen molar-refractivity contribution in [2.24, 2.45) is 5.10 Å². The minimum absolute atomic E-state index is 0.273. The Kier molecular flexibility index (Phi) is 6.54. The molecule has 0 bridgehead atoms. The first-order chi connectivity index (χ1) is 13.5. The molecule has 140 valence electrons. The second kappa shape index (κ2) is 9.27. The molecule has 3 aromatic carbocycles. The summed E-state index contributed by atoms with van der Waals surface area (Å²) >= 11 is 2.10. The molecule has 0 saturated heterocycles. The van der Waals surface area contributed by atoms with Crippen LogP contribution >= 0.6 is 22.6 Å². The molecule has 0 aliphatic carbocycles. The quantitative estimate of drug-likeness (QED) is 0.190. The molecular weight excluding hydrogens is 467 g/mol. The summed E-state index contributed by atoms with van der Waals surface area (Å²) in [6.45, 7) is 1.92. The number of hydrazone groups is 1. The van der Waals surface area contributed by atoms with Gasteiger partial charge in [-0.1, -0.05) is 29.8 Å². The van der Waals surface area contributed by atoms with Gasteiger partial charge < -0.3 is 4.74 Å². The van der Waals surface area contributed by atoms with E-state index in [9.17, 15) is 9.59 Å². The second-order valence-corrected chi connectivity index (χ2v) is 7.17. The summed E-state index contributed by atoms with van der Waals surface area (Å²) < 4.78 is 6.22. The van der Waals surface area contributed by atoms with Gasteiger partial charge in [-0.2, -0.15) is 5.10 Å². The van der Waals surface area contributed by atoms with Crippen LogP contribution < -0.4 is 10.2 Å². The number of amides is 1. The van der Waals surface area contributed by atoms with E-state index in [-0.39, 0.29) is 5.91 Å². The minimum Gasteiger partial charge on any atom is -0.423 e. The molecule has 6 heteroatoms. The molecule has 0 saturated carbocycles. The number of carbonyl (C=O) groups is 2. The molecule has 28 heavy (non-hydrogen) atoms. The van der Waals surface area contributed by atoms with Crippen LogP contribution in [0.4, 0.5) is 0 Å². The topological polar surface area (TPSA) is 67.8 Å². The zero-order valence-electron chi connectivity index (χ0n) is 15.1. The van der Waals surface area contributed by atoms with E-state index in [1.54, 1.807) is 48.5 Å². The molecule has 0 spiro atoms. The van der Waals surface area contributed by atoms with E-state index in [1.165, 1.54) is 6.21 Å². The van der Waals surface area contributed by atoms with Crippen LogP contribution in [0.15, 0.2) is 77.9 Å². The highest BCUT2D eigenvalue weighted by Gasteiger charge is 2.09. The Labute approximate surface area is 176 Å². The number of rotatable bonds is 5. The molecule has 0 aliphatic rings. The lowest BCUT2D eigenvalue weighted by atomic mass is 10.1. The molecular formula is C22H17IN2O3. The normalized spacial score (nSPS) is 10.6. The summed E-state index contributed by atoms with van der Waals surface area (Å²) in [4.78, 5) is 24.3. The molecule has 0 aromatic heterocycles. The largest absolute Gasteiger partial charge is 0.423 e. The molecule has 0 aliphatic heterocycles. The summed E-state index contributed by atoms with van der Waals surface area (Å²) in [6, 6.07) is 21.4. The lowest BCUT2D eigenvalue weighted by Gasteiger charge is -2.05. The highest BCUT2D eigenvalue weighted by molar-refractivity contribution is 14.1. The average Bonchev–Trinajstić information content (AvgIpc) is 2.69. The molecule has 1 amide bonds. The molecule has 0 atom stereocenters.